The summed E-state index contributed by atoms with van der Waals surface area (Å²) >= 11 is 0. The van der Waals surface area contributed by atoms with Gasteiger partial charge in [-0.2, -0.15) is 0 Å². The Morgan fingerprint density at radius 2 is 1.88 bits per heavy atom. The lowest BCUT2D eigenvalue weighted by Crippen LogP contribution is -2.28. The minimum absolute atomic E-state index is 0.0486. The highest BCUT2D eigenvalue weighted by Crippen LogP contribution is 2.45. The number of carbonyl (C=O) groups is 1. The van der Waals surface area contributed by atoms with Crippen LogP contribution in [0.4, 0.5) is 0 Å². The Balaban J connectivity index is 2.00. The van der Waals surface area contributed by atoms with E-state index in [1.807, 2.05) is 24.3 Å². The maximum absolute atomic E-state index is 12.3. The van der Waals surface area contributed by atoms with Gasteiger partial charge in [0.1, 0.15) is 0 Å². The average molecular weight is 434 g/mol. The molecule has 32 heavy (non-hydrogen) atoms. The first kappa shape index (κ1) is 21.7. The van der Waals surface area contributed by atoms with E-state index in [0.29, 0.717) is 40.6 Å². The standard InChI is InChI=1S/C26H27NO5/c1-26(2,3)16-12-15(9-14-10-20(28)24(29)21(11-14)32-4)23-18(13-16)22(25(30)31)17-7-5-6-8-19(17)27-23/h5-11,16,28-29H,12-13H2,1-4H3,(H,30,31)/b15-9-/t16-/m1/s1. The highest BCUT2D eigenvalue weighted by Gasteiger charge is 2.35. The van der Waals surface area contributed by atoms with Crippen molar-refractivity contribution < 1.29 is 24.9 Å². The van der Waals surface area contributed by atoms with Crippen molar-refractivity contribution in [3.05, 3.63) is 58.8 Å². The third-order valence-electron chi connectivity index (χ3n) is 6.29. The summed E-state index contributed by atoms with van der Waals surface area (Å²) in [5.41, 5.74) is 3.83. The molecule has 2 aromatic carbocycles. The lowest BCUT2D eigenvalue weighted by atomic mass is 9.69. The zero-order chi connectivity index (χ0) is 23.2. The van der Waals surface area contributed by atoms with Gasteiger partial charge in [0.05, 0.1) is 23.9 Å². The normalized spacial score (nSPS) is 17.4. The van der Waals surface area contributed by atoms with Crippen LogP contribution in [0.5, 0.6) is 17.2 Å². The number of hydrogen-bond donors (Lipinski definition) is 3. The monoisotopic (exact) mass is 433 g/mol. The first-order valence-corrected chi connectivity index (χ1v) is 10.6. The molecule has 0 spiro atoms. The second-order valence-corrected chi connectivity index (χ2v) is 9.37. The molecule has 0 aliphatic heterocycles. The van der Waals surface area contributed by atoms with Gasteiger partial charge in [-0.3, -0.25) is 0 Å². The topological polar surface area (TPSA) is 99.9 Å². The Labute approximate surface area is 186 Å². The van der Waals surface area contributed by atoms with E-state index in [9.17, 15) is 20.1 Å². The third-order valence-corrected chi connectivity index (χ3v) is 6.29. The minimum Gasteiger partial charge on any atom is -0.504 e. The van der Waals surface area contributed by atoms with Crippen LogP contribution in [-0.4, -0.2) is 33.4 Å². The van der Waals surface area contributed by atoms with Crippen molar-refractivity contribution in [3.63, 3.8) is 0 Å². The summed E-state index contributed by atoms with van der Waals surface area (Å²) in [6.07, 6.45) is 3.23. The van der Waals surface area contributed by atoms with Gasteiger partial charge in [-0.25, -0.2) is 9.78 Å². The number of aromatic hydroxyl groups is 2. The molecule has 4 rings (SSSR count). The number of fused-ring (bicyclic) bond motifs is 2. The number of phenolic OH excluding ortho intramolecular Hbond substituents is 2. The second kappa shape index (κ2) is 7.86. The number of aromatic carboxylic acids is 1. The number of allylic oxidation sites excluding steroid dienone is 1. The molecule has 6 heteroatoms. The first-order chi connectivity index (χ1) is 15.1. The van der Waals surface area contributed by atoms with Crippen LogP contribution in [-0.2, 0) is 6.42 Å². The number of carboxylic acid groups (broad SMARTS) is 1. The number of phenols is 2. The van der Waals surface area contributed by atoms with E-state index in [1.165, 1.54) is 13.2 Å². The molecule has 0 unspecified atom stereocenters. The third kappa shape index (κ3) is 3.77. The summed E-state index contributed by atoms with van der Waals surface area (Å²) in [4.78, 5) is 17.2. The van der Waals surface area contributed by atoms with Crippen molar-refractivity contribution in [3.8, 4) is 17.2 Å². The van der Waals surface area contributed by atoms with Crippen molar-refractivity contribution in [2.24, 2.45) is 11.3 Å². The van der Waals surface area contributed by atoms with Crippen molar-refractivity contribution in [2.75, 3.05) is 7.11 Å². The number of ether oxygens (including phenoxy) is 1. The Bertz CT molecular complexity index is 1250. The van der Waals surface area contributed by atoms with Crippen molar-refractivity contribution in [1.29, 1.82) is 0 Å². The Morgan fingerprint density at radius 1 is 1.16 bits per heavy atom. The number of nitrogens with zero attached hydrogens (tertiary/aromatic N) is 1. The summed E-state index contributed by atoms with van der Waals surface area (Å²) in [7, 11) is 1.42. The number of carboxylic acids is 1. The maximum atomic E-state index is 12.3. The lowest BCUT2D eigenvalue weighted by Gasteiger charge is -2.36. The zero-order valence-corrected chi connectivity index (χ0v) is 18.6. The van der Waals surface area contributed by atoms with Gasteiger partial charge >= 0.3 is 5.97 Å². The van der Waals surface area contributed by atoms with Gasteiger partial charge in [0, 0.05) is 5.39 Å². The SMILES string of the molecule is COc1cc(/C=C2/C[C@@H](C(C)(C)C)Cc3c2nc2ccccc2c3C(=O)O)cc(O)c1O. The van der Waals surface area contributed by atoms with Crippen LogP contribution in [0.25, 0.3) is 22.6 Å². The predicted octanol–water partition coefficient (Wildman–Crippen LogP) is 5.50. The molecule has 1 aliphatic rings. The number of aromatic nitrogens is 1. The maximum Gasteiger partial charge on any atom is 0.336 e. The predicted molar refractivity (Wildman–Crippen MR) is 124 cm³/mol. The highest BCUT2D eigenvalue weighted by molar-refractivity contribution is 6.06. The van der Waals surface area contributed by atoms with Gasteiger partial charge in [0.15, 0.2) is 11.5 Å². The van der Waals surface area contributed by atoms with Crippen LogP contribution in [0.1, 0.15) is 54.4 Å². The van der Waals surface area contributed by atoms with E-state index in [2.05, 4.69) is 20.8 Å². The van der Waals surface area contributed by atoms with Crippen LogP contribution in [0.3, 0.4) is 0 Å². The largest absolute Gasteiger partial charge is 0.504 e. The number of benzene rings is 2. The zero-order valence-electron chi connectivity index (χ0n) is 18.6. The molecular formula is C26H27NO5. The van der Waals surface area contributed by atoms with Crippen LogP contribution in [0, 0.1) is 11.3 Å². The summed E-state index contributed by atoms with van der Waals surface area (Å²) < 4.78 is 5.18. The number of para-hydroxylation sites is 1. The van der Waals surface area contributed by atoms with Crippen molar-refractivity contribution in [1.82, 2.24) is 4.98 Å². The molecule has 6 nitrogen and oxygen atoms in total. The second-order valence-electron chi connectivity index (χ2n) is 9.37. The fraction of sp³-hybridized carbons (Fsp3) is 0.308. The fourth-order valence-electron chi connectivity index (χ4n) is 4.43. The molecule has 0 bridgehead atoms. The fourth-order valence-corrected chi connectivity index (χ4v) is 4.43. The molecule has 0 fully saturated rings. The Morgan fingerprint density at radius 3 is 2.53 bits per heavy atom. The van der Waals surface area contributed by atoms with Crippen LogP contribution < -0.4 is 4.74 Å². The van der Waals surface area contributed by atoms with Crippen LogP contribution in [0.2, 0.25) is 0 Å². The molecule has 0 amide bonds. The number of hydrogen-bond acceptors (Lipinski definition) is 5. The Kier molecular flexibility index (Phi) is 5.33. The molecule has 1 aliphatic carbocycles. The lowest BCUT2D eigenvalue weighted by molar-refractivity contribution is 0.0696. The summed E-state index contributed by atoms with van der Waals surface area (Å²) in [6.45, 7) is 6.47. The molecule has 3 aromatic rings. The quantitative estimate of drug-likeness (QED) is 0.472. The Hall–Kier alpha value is -3.54. The molecule has 3 N–H and O–H groups in total. The van der Waals surface area contributed by atoms with E-state index in [-0.39, 0.29) is 28.6 Å². The molecule has 0 radical (unpaired) electrons. The van der Waals surface area contributed by atoms with E-state index in [0.717, 1.165) is 11.1 Å². The van der Waals surface area contributed by atoms with Crippen LogP contribution >= 0.6 is 0 Å². The van der Waals surface area contributed by atoms with Gasteiger partial charge < -0.3 is 20.1 Å². The number of pyridine rings is 1. The van der Waals surface area contributed by atoms with E-state index in [1.54, 1.807) is 12.1 Å². The van der Waals surface area contributed by atoms with Gasteiger partial charge in [0.2, 0.25) is 5.75 Å². The summed E-state index contributed by atoms with van der Waals surface area (Å²) in [5, 5.41) is 30.9. The molecule has 1 aromatic heterocycles. The average Bonchev–Trinajstić information content (AvgIpc) is 2.73. The molecule has 1 heterocycles. The van der Waals surface area contributed by atoms with E-state index in [4.69, 9.17) is 9.72 Å². The van der Waals surface area contributed by atoms with E-state index >= 15 is 0 Å². The molecular weight excluding hydrogens is 406 g/mol. The molecule has 1 atom stereocenters. The smallest absolute Gasteiger partial charge is 0.336 e. The first-order valence-electron chi connectivity index (χ1n) is 10.6. The number of methoxy groups -OCH3 is 1. The van der Waals surface area contributed by atoms with Crippen molar-refractivity contribution >= 4 is 28.5 Å². The van der Waals surface area contributed by atoms with Crippen LogP contribution in [0.15, 0.2) is 36.4 Å². The van der Waals surface area contributed by atoms with Gasteiger partial charge in [0.25, 0.3) is 0 Å². The van der Waals surface area contributed by atoms with Gasteiger partial charge in [-0.05, 0) is 65.1 Å². The molecule has 0 saturated heterocycles. The van der Waals surface area contributed by atoms with Gasteiger partial charge in [-0.15, -0.1) is 0 Å². The molecule has 166 valence electrons. The van der Waals surface area contributed by atoms with Crippen molar-refractivity contribution in [2.45, 2.75) is 33.6 Å². The van der Waals surface area contributed by atoms with E-state index < -0.39 is 5.97 Å². The number of rotatable bonds is 3. The highest BCUT2D eigenvalue weighted by atomic mass is 16.5. The minimum atomic E-state index is -0.960. The summed E-state index contributed by atoms with van der Waals surface area (Å²) in [6, 6.07) is 10.4. The molecule has 0 saturated carbocycles. The summed E-state index contributed by atoms with van der Waals surface area (Å²) in [5.74, 6) is -1.19. The van der Waals surface area contributed by atoms with Gasteiger partial charge in [-0.1, -0.05) is 39.0 Å².